The molecule has 3 aromatic heterocycles. The lowest BCUT2D eigenvalue weighted by Crippen LogP contribution is -2.11. The lowest BCUT2D eigenvalue weighted by molar-refractivity contribution is 0.980. The Morgan fingerprint density at radius 2 is 2.22 bits per heavy atom. The summed E-state index contributed by atoms with van der Waals surface area (Å²) < 4.78 is 1.09. The molecule has 0 aliphatic heterocycles. The van der Waals surface area contributed by atoms with Crippen molar-refractivity contribution in [3.05, 3.63) is 47.9 Å². The van der Waals surface area contributed by atoms with Crippen molar-refractivity contribution in [3.8, 4) is 0 Å². The predicted molar refractivity (Wildman–Crippen MR) is 79.8 cm³/mol. The van der Waals surface area contributed by atoms with E-state index in [1.54, 1.807) is 11.3 Å². The summed E-state index contributed by atoms with van der Waals surface area (Å²) in [5.74, 6) is 0.722. The van der Waals surface area contributed by atoms with Crippen LogP contribution in [0, 0.1) is 6.92 Å². The Bertz CT molecular complexity index is 772. The lowest BCUT2D eigenvalue weighted by Gasteiger charge is -1.99. The van der Waals surface area contributed by atoms with Crippen molar-refractivity contribution in [1.82, 2.24) is 9.97 Å². The average molecular weight is 341 g/mol. The van der Waals surface area contributed by atoms with Crippen LogP contribution in [0.25, 0.3) is 10.2 Å². The molecule has 3 rings (SSSR count). The standard InChI is InChI=1S/C12H9BrN2OS2/c1-6-4-18-12-10(6)11(16)14-9(15-12)3-7-2-8(13)17-5-7/h2,4-5H,3H2,1H3,(H,14,15,16). The van der Waals surface area contributed by atoms with Crippen LogP contribution in [0.1, 0.15) is 17.0 Å². The molecule has 0 aliphatic carbocycles. The minimum Gasteiger partial charge on any atom is -0.310 e. The third kappa shape index (κ3) is 2.15. The van der Waals surface area contributed by atoms with Gasteiger partial charge in [0.1, 0.15) is 10.7 Å². The second-order valence-corrected chi connectivity index (χ2v) is 7.20. The van der Waals surface area contributed by atoms with Crippen molar-refractivity contribution in [2.45, 2.75) is 13.3 Å². The van der Waals surface area contributed by atoms with Gasteiger partial charge in [0, 0.05) is 6.42 Å². The van der Waals surface area contributed by atoms with Gasteiger partial charge >= 0.3 is 0 Å². The molecule has 0 spiro atoms. The molecule has 0 atom stereocenters. The van der Waals surface area contributed by atoms with E-state index in [0.29, 0.717) is 6.42 Å². The molecule has 0 aliphatic rings. The van der Waals surface area contributed by atoms with E-state index >= 15 is 0 Å². The van der Waals surface area contributed by atoms with Crippen LogP contribution in [-0.2, 0) is 6.42 Å². The number of nitrogens with one attached hydrogen (secondary N) is 1. The molecule has 0 aromatic carbocycles. The predicted octanol–water partition coefficient (Wildman–Crippen LogP) is 3.71. The number of fused-ring (bicyclic) bond motifs is 1. The van der Waals surface area contributed by atoms with Gasteiger partial charge in [0.25, 0.3) is 5.56 Å². The Balaban J connectivity index is 2.05. The first-order valence-corrected chi connectivity index (χ1v) is 7.88. The summed E-state index contributed by atoms with van der Waals surface area (Å²) in [6.45, 7) is 1.94. The number of halogens is 1. The average Bonchev–Trinajstić information content (AvgIpc) is 2.86. The maximum absolute atomic E-state index is 12.0. The molecule has 1 N–H and O–H groups in total. The summed E-state index contributed by atoms with van der Waals surface area (Å²) in [5.41, 5.74) is 2.11. The van der Waals surface area contributed by atoms with Gasteiger partial charge in [-0.05, 0) is 50.8 Å². The maximum atomic E-state index is 12.0. The number of hydrogen-bond donors (Lipinski definition) is 1. The summed E-state index contributed by atoms with van der Waals surface area (Å²) in [6.07, 6.45) is 0.657. The van der Waals surface area contributed by atoms with E-state index in [9.17, 15) is 4.79 Å². The van der Waals surface area contributed by atoms with Crippen LogP contribution in [0.15, 0.2) is 25.4 Å². The number of aromatic amines is 1. The van der Waals surface area contributed by atoms with Gasteiger partial charge in [-0.1, -0.05) is 0 Å². The summed E-state index contributed by atoms with van der Waals surface area (Å²) in [6, 6.07) is 2.05. The molecule has 3 heterocycles. The molecule has 0 unspecified atom stereocenters. The number of aryl methyl sites for hydroxylation is 1. The first-order valence-electron chi connectivity index (χ1n) is 5.33. The number of H-pyrrole nitrogens is 1. The highest BCUT2D eigenvalue weighted by Crippen LogP contribution is 2.23. The van der Waals surface area contributed by atoms with Crippen LogP contribution >= 0.6 is 38.6 Å². The SMILES string of the molecule is Cc1csc2nc(Cc3csc(Br)c3)[nH]c(=O)c12. The van der Waals surface area contributed by atoms with E-state index in [-0.39, 0.29) is 5.56 Å². The van der Waals surface area contributed by atoms with Crippen molar-refractivity contribution in [1.29, 1.82) is 0 Å². The zero-order valence-corrected chi connectivity index (χ0v) is 12.7. The van der Waals surface area contributed by atoms with Crippen molar-refractivity contribution in [3.63, 3.8) is 0 Å². The first kappa shape index (κ1) is 12.1. The smallest absolute Gasteiger partial charge is 0.259 e. The van der Waals surface area contributed by atoms with Crippen molar-refractivity contribution in [2.24, 2.45) is 0 Å². The fourth-order valence-corrected chi connectivity index (χ4v) is 4.00. The van der Waals surface area contributed by atoms with E-state index in [2.05, 4.69) is 37.3 Å². The second kappa shape index (κ2) is 4.60. The molecular weight excluding hydrogens is 332 g/mol. The Hall–Kier alpha value is -0.980. The minimum atomic E-state index is -0.0388. The molecule has 0 radical (unpaired) electrons. The molecular formula is C12H9BrN2OS2. The summed E-state index contributed by atoms with van der Waals surface area (Å²) in [5, 5.41) is 4.75. The first-order chi connectivity index (χ1) is 8.63. The van der Waals surface area contributed by atoms with Gasteiger partial charge in [0.2, 0.25) is 0 Å². The molecule has 3 nitrogen and oxygen atoms in total. The van der Waals surface area contributed by atoms with Crippen LogP contribution in [0.2, 0.25) is 0 Å². The van der Waals surface area contributed by atoms with E-state index in [0.717, 1.165) is 31.0 Å². The maximum Gasteiger partial charge on any atom is 0.259 e. The molecule has 6 heteroatoms. The van der Waals surface area contributed by atoms with Gasteiger partial charge in [-0.3, -0.25) is 4.79 Å². The van der Waals surface area contributed by atoms with E-state index < -0.39 is 0 Å². The normalized spacial score (nSPS) is 11.2. The van der Waals surface area contributed by atoms with Crippen LogP contribution < -0.4 is 5.56 Å². The molecule has 0 amide bonds. The molecule has 0 bridgehead atoms. The highest BCUT2D eigenvalue weighted by Gasteiger charge is 2.09. The van der Waals surface area contributed by atoms with Crippen LogP contribution in [0.4, 0.5) is 0 Å². The van der Waals surface area contributed by atoms with Crippen molar-refractivity contribution >= 4 is 48.8 Å². The zero-order valence-electron chi connectivity index (χ0n) is 9.49. The van der Waals surface area contributed by atoms with Gasteiger partial charge in [0.05, 0.1) is 9.17 Å². The van der Waals surface area contributed by atoms with E-state index in [1.807, 2.05) is 12.3 Å². The molecule has 0 fully saturated rings. The highest BCUT2D eigenvalue weighted by molar-refractivity contribution is 9.11. The van der Waals surface area contributed by atoms with Gasteiger partial charge < -0.3 is 4.98 Å². The Morgan fingerprint density at radius 3 is 2.94 bits per heavy atom. The molecule has 18 heavy (non-hydrogen) atoms. The van der Waals surface area contributed by atoms with Gasteiger partial charge in [-0.25, -0.2) is 4.98 Å². The fourth-order valence-electron chi connectivity index (χ4n) is 1.85. The quantitative estimate of drug-likeness (QED) is 0.772. The topological polar surface area (TPSA) is 45.8 Å². The Kier molecular flexibility index (Phi) is 3.09. The van der Waals surface area contributed by atoms with Gasteiger partial charge in [-0.15, -0.1) is 22.7 Å². The number of nitrogens with zero attached hydrogens (tertiary/aromatic N) is 1. The fraction of sp³-hybridized carbons (Fsp3) is 0.167. The van der Waals surface area contributed by atoms with E-state index in [4.69, 9.17) is 0 Å². The molecule has 92 valence electrons. The summed E-state index contributed by atoms with van der Waals surface area (Å²) >= 11 is 6.59. The molecule has 3 aromatic rings. The Labute approximate surface area is 120 Å². The highest BCUT2D eigenvalue weighted by atomic mass is 79.9. The molecule has 0 saturated carbocycles. The van der Waals surface area contributed by atoms with Crippen molar-refractivity contribution in [2.75, 3.05) is 0 Å². The number of hydrogen-bond acceptors (Lipinski definition) is 4. The van der Waals surface area contributed by atoms with E-state index in [1.165, 1.54) is 11.3 Å². The van der Waals surface area contributed by atoms with Gasteiger partial charge in [-0.2, -0.15) is 0 Å². The Morgan fingerprint density at radius 1 is 1.39 bits per heavy atom. The third-order valence-electron chi connectivity index (χ3n) is 2.67. The largest absolute Gasteiger partial charge is 0.310 e. The zero-order chi connectivity index (χ0) is 12.7. The van der Waals surface area contributed by atoms with Crippen LogP contribution in [0.3, 0.4) is 0 Å². The lowest BCUT2D eigenvalue weighted by atomic mass is 10.2. The summed E-state index contributed by atoms with van der Waals surface area (Å²) in [7, 11) is 0. The van der Waals surface area contributed by atoms with Crippen LogP contribution in [0.5, 0.6) is 0 Å². The third-order valence-corrected chi connectivity index (χ3v) is 5.21. The number of thiophene rings is 2. The second-order valence-electron chi connectivity index (χ2n) is 4.05. The number of aromatic nitrogens is 2. The summed E-state index contributed by atoms with van der Waals surface area (Å²) in [4.78, 5) is 20.2. The minimum absolute atomic E-state index is 0.0388. The van der Waals surface area contributed by atoms with Crippen molar-refractivity contribution < 1.29 is 0 Å². The number of rotatable bonds is 2. The molecule has 0 saturated heterocycles. The van der Waals surface area contributed by atoms with Crippen LogP contribution in [-0.4, -0.2) is 9.97 Å². The van der Waals surface area contributed by atoms with Gasteiger partial charge in [0.15, 0.2) is 0 Å². The monoisotopic (exact) mass is 340 g/mol.